The number of phosphoric acid groups is 2. The fraction of sp³-hybridized carbons (Fsp3) is 1.00. The summed E-state index contributed by atoms with van der Waals surface area (Å²) in [6, 6.07) is 0. The lowest BCUT2D eigenvalue weighted by molar-refractivity contribution is -0.299. The predicted octanol–water partition coefficient (Wildman–Crippen LogP) is -0.847. The van der Waals surface area contributed by atoms with Crippen LogP contribution in [0.15, 0.2) is 0 Å². The van der Waals surface area contributed by atoms with E-state index >= 15 is 0 Å². The van der Waals surface area contributed by atoms with E-state index in [0.717, 1.165) is 0 Å². The van der Waals surface area contributed by atoms with Crippen LogP contribution in [0, 0.1) is 0 Å². The number of hydrogen-bond donors (Lipinski definition) is 4. The van der Waals surface area contributed by atoms with E-state index in [2.05, 4.69) is 18.8 Å². The summed E-state index contributed by atoms with van der Waals surface area (Å²) in [7, 11) is -9.02. The predicted molar refractivity (Wildman–Crippen MR) is 47.9 cm³/mol. The van der Waals surface area contributed by atoms with Gasteiger partial charge in [0.2, 0.25) is 0 Å². The molecule has 0 saturated carbocycles. The van der Waals surface area contributed by atoms with Gasteiger partial charge >= 0.3 is 15.6 Å². The van der Waals surface area contributed by atoms with Gasteiger partial charge in [0.1, 0.15) is 13.2 Å². The lowest BCUT2D eigenvalue weighted by atomic mass is 10.8. The Bertz CT molecular complexity index is 238. The van der Waals surface area contributed by atoms with Crippen LogP contribution in [0.1, 0.15) is 0 Å². The number of rotatable bonds is 9. The van der Waals surface area contributed by atoms with Crippen LogP contribution >= 0.6 is 15.6 Å². The second kappa shape index (κ2) is 7.46. The zero-order valence-corrected chi connectivity index (χ0v) is 9.75. The van der Waals surface area contributed by atoms with Gasteiger partial charge < -0.3 is 19.6 Å². The first-order valence-corrected chi connectivity index (χ1v) is 6.91. The molecular weight excluding hydrogens is 270 g/mol. The second-order valence-electron chi connectivity index (χ2n) is 2.29. The lowest BCUT2D eigenvalue weighted by Gasteiger charge is -2.06. The van der Waals surface area contributed by atoms with Crippen molar-refractivity contribution in [1.29, 1.82) is 0 Å². The smallest absolute Gasteiger partial charge is 0.303 e. The summed E-state index contributed by atoms with van der Waals surface area (Å²) in [5.41, 5.74) is 0. The average Bonchev–Trinajstić information content (AvgIpc) is 2.06. The van der Waals surface area contributed by atoms with Crippen LogP contribution in [-0.4, -0.2) is 46.0 Å². The summed E-state index contributed by atoms with van der Waals surface area (Å²) in [5, 5.41) is 0. The first-order valence-electron chi connectivity index (χ1n) is 3.85. The van der Waals surface area contributed by atoms with E-state index in [1.165, 1.54) is 0 Å². The Morgan fingerprint density at radius 1 is 0.688 bits per heavy atom. The maximum Gasteiger partial charge on any atom is 0.469 e. The van der Waals surface area contributed by atoms with E-state index in [9.17, 15) is 9.13 Å². The van der Waals surface area contributed by atoms with E-state index < -0.39 is 15.6 Å². The summed E-state index contributed by atoms with van der Waals surface area (Å²) in [4.78, 5) is 41.6. The van der Waals surface area contributed by atoms with Crippen molar-refractivity contribution >= 4 is 15.6 Å². The second-order valence-corrected chi connectivity index (χ2v) is 4.77. The van der Waals surface area contributed by atoms with E-state index in [0.29, 0.717) is 0 Å². The molecule has 0 unspecified atom stereocenters. The summed E-state index contributed by atoms with van der Waals surface area (Å²) < 4.78 is 28.3. The van der Waals surface area contributed by atoms with Crippen LogP contribution in [-0.2, 0) is 28.0 Å². The minimum Gasteiger partial charge on any atom is -0.303 e. The molecule has 98 valence electrons. The van der Waals surface area contributed by atoms with Crippen molar-refractivity contribution < 1.29 is 47.5 Å². The molecule has 0 atom stereocenters. The Kier molecular flexibility index (Phi) is 7.53. The molecule has 0 spiro atoms. The Morgan fingerprint density at radius 2 is 1.00 bits per heavy atom. The summed E-state index contributed by atoms with van der Waals surface area (Å²) >= 11 is 0. The SMILES string of the molecule is O=P(O)(O)OCCOOCCOP(=O)(O)O. The van der Waals surface area contributed by atoms with Crippen molar-refractivity contribution in [2.75, 3.05) is 26.4 Å². The molecule has 0 aliphatic rings. The first kappa shape index (κ1) is 16.1. The normalized spacial score (nSPS) is 13.0. The highest BCUT2D eigenvalue weighted by Gasteiger charge is 2.13. The summed E-state index contributed by atoms with van der Waals surface area (Å²) in [6.07, 6.45) is 0. The fourth-order valence-electron chi connectivity index (χ4n) is 0.498. The van der Waals surface area contributed by atoms with Crippen LogP contribution in [0.25, 0.3) is 0 Å². The van der Waals surface area contributed by atoms with Gasteiger partial charge in [-0.05, 0) is 0 Å². The molecule has 0 aliphatic heterocycles. The van der Waals surface area contributed by atoms with Gasteiger partial charge in [-0.25, -0.2) is 18.9 Å². The van der Waals surface area contributed by atoms with Crippen molar-refractivity contribution in [3.8, 4) is 0 Å². The van der Waals surface area contributed by atoms with E-state index in [4.69, 9.17) is 19.6 Å². The van der Waals surface area contributed by atoms with Crippen LogP contribution in [0.5, 0.6) is 0 Å². The minimum atomic E-state index is -4.51. The molecule has 16 heavy (non-hydrogen) atoms. The highest BCUT2D eigenvalue weighted by Crippen LogP contribution is 2.35. The van der Waals surface area contributed by atoms with Gasteiger partial charge in [0.05, 0.1) is 13.2 Å². The summed E-state index contributed by atoms with van der Waals surface area (Å²) in [6.45, 7) is -1.27. The van der Waals surface area contributed by atoms with Crippen molar-refractivity contribution in [3.63, 3.8) is 0 Å². The average molecular weight is 282 g/mol. The number of phosphoric ester groups is 2. The quantitative estimate of drug-likeness (QED) is 0.182. The van der Waals surface area contributed by atoms with Gasteiger partial charge in [0.15, 0.2) is 0 Å². The molecule has 0 amide bonds. The van der Waals surface area contributed by atoms with Gasteiger partial charge in [0, 0.05) is 0 Å². The lowest BCUT2D eigenvalue weighted by Crippen LogP contribution is -2.07. The maximum absolute atomic E-state index is 10.1. The zero-order chi connectivity index (χ0) is 12.7. The monoisotopic (exact) mass is 282 g/mol. The molecule has 0 radical (unpaired) electrons. The van der Waals surface area contributed by atoms with Crippen LogP contribution in [0.2, 0.25) is 0 Å². The molecule has 0 aliphatic carbocycles. The molecule has 0 fully saturated rings. The minimum absolute atomic E-state index is 0.249. The van der Waals surface area contributed by atoms with Gasteiger partial charge in [-0.1, -0.05) is 0 Å². The fourth-order valence-corrected chi connectivity index (χ4v) is 1.12. The molecule has 0 saturated heterocycles. The molecular formula is C4H12O10P2. The van der Waals surface area contributed by atoms with E-state index in [1.54, 1.807) is 0 Å². The highest BCUT2D eigenvalue weighted by molar-refractivity contribution is 7.46. The van der Waals surface area contributed by atoms with Gasteiger partial charge in [-0.15, -0.1) is 0 Å². The summed E-state index contributed by atoms with van der Waals surface area (Å²) in [5.74, 6) is 0. The molecule has 0 aromatic heterocycles. The first-order chi connectivity index (χ1) is 7.21. The molecule has 0 heterocycles. The third-order valence-corrected chi connectivity index (χ3v) is 1.97. The van der Waals surface area contributed by atoms with Crippen LogP contribution in [0.3, 0.4) is 0 Å². The molecule has 0 aromatic carbocycles. The van der Waals surface area contributed by atoms with Crippen molar-refractivity contribution in [2.24, 2.45) is 0 Å². The molecule has 4 N–H and O–H groups in total. The Labute approximate surface area is 90.5 Å². The Balaban J connectivity index is 3.23. The Morgan fingerprint density at radius 3 is 1.25 bits per heavy atom. The van der Waals surface area contributed by atoms with E-state index in [-0.39, 0.29) is 26.4 Å². The van der Waals surface area contributed by atoms with Crippen molar-refractivity contribution in [2.45, 2.75) is 0 Å². The van der Waals surface area contributed by atoms with Gasteiger partial charge in [-0.2, -0.15) is 0 Å². The highest BCUT2D eigenvalue weighted by atomic mass is 31.2. The Hall–Kier alpha value is 0.140. The zero-order valence-electron chi connectivity index (χ0n) is 7.96. The topological polar surface area (TPSA) is 152 Å². The van der Waals surface area contributed by atoms with Crippen LogP contribution in [0.4, 0.5) is 0 Å². The number of hydrogen-bond acceptors (Lipinski definition) is 6. The molecule has 0 rings (SSSR count). The van der Waals surface area contributed by atoms with Gasteiger partial charge in [0.25, 0.3) is 0 Å². The standard InChI is InChI=1S/C4H12O10P2/c5-15(6,7)13-3-1-11-12-2-4-14-16(8,9)10/h1-4H2,(H2,5,6,7)(H2,8,9,10). The van der Waals surface area contributed by atoms with Gasteiger partial charge in [-0.3, -0.25) is 9.05 Å². The largest absolute Gasteiger partial charge is 0.469 e. The maximum atomic E-state index is 10.1. The molecule has 0 aromatic rings. The van der Waals surface area contributed by atoms with Crippen molar-refractivity contribution in [1.82, 2.24) is 0 Å². The third kappa shape index (κ3) is 14.1. The van der Waals surface area contributed by atoms with E-state index in [1.807, 2.05) is 0 Å². The van der Waals surface area contributed by atoms with Crippen LogP contribution < -0.4 is 0 Å². The molecule has 10 nitrogen and oxygen atoms in total. The third-order valence-electron chi connectivity index (χ3n) is 0.936. The van der Waals surface area contributed by atoms with Crippen molar-refractivity contribution in [3.05, 3.63) is 0 Å². The molecule has 12 heteroatoms. The molecule has 0 bridgehead atoms.